The van der Waals surface area contributed by atoms with Crippen molar-refractivity contribution in [3.8, 4) is 0 Å². The zero-order valence-electron chi connectivity index (χ0n) is 11.9. The topological polar surface area (TPSA) is 32.7 Å². The van der Waals surface area contributed by atoms with E-state index in [-0.39, 0.29) is 0 Å². The molecule has 3 nitrogen and oxygen atoms in total. The molecule has 1 fully saturated rings. The molecule has 1 heterocycles. The van der Waals surface area contributed by atoms with Gasteiger partial charge in [0.25, 0.3) is 0 Å². The number of rotatable bonds is 8. The van der Waals surface area contributed by atoms with Crippen molar-refractivity contribution in [3.05, 3.63) is 4.91 Å². The first kappa shape index (κ1) is 18.1. The molecule has 1 saturated heterocycles. The highest BCUT2D eigenvalue weighted by molar-refractivity contribution is 8.76. The van der Waals surface area contributed by atoms with Crippen LogP contribution in [-0.2, 0) is 0 Å². The summed E-state index contributed by atoms with van der Waals surface area (Å²) in [5.74, 6) is 2.68. The predicted octanol–water partition coefficient (Wildman–Crippen LogP) is 5.12. The maximum Gasteiger partial charge on any atom is 0.0523 e. The van der Waals surface area contributed by atoms with Crippen LogP contribution in [-0.4, -0.2) is 29.6 Å². The van der Waals surface area contributed by atoms with Crippen LogP contribution in [0.2, 0.25) is 0 Å². The van der Waals surface area contributed by atoms with Gasteiger partial charge in [-0.1, -0.05) is 48.3 Å². The Balaban J connectivity index is 0.000000327. The van der Waals surface area contributed by atoms with E-state index in [1.54, 1.807) is 5.01 Å². The third kappa shape index (κ3) is 12.6. The largest absolute Gasteiger partial charge is 0.261 e. The number of unbranched alkanes of at least 4 members (excludes halogenated alkanes) is 2. The molecule has 1 rings (SSSR count). The SMILES string of the molecule is CCCCSSCCCC.O=NN1CCCCC1. The number of nitrogens with zero attached hydrogens (tertiary/aromatic N) is 2. The smallest absolute Gasteiger partial charge is 0.0523 e. The van der Waals surface area contributed by atoms with Crippen LogP contribution < -0.4 is 0 Å². The molecule has 5 heteroatoms. The first-order chi connectivity index (χ1) is 8.85. The van der Waals surface area contributed by atoms with Gasteiger partial charge in [-0.05, 0) is 32.1 Å². The average Bonchev–Trinajstić information content (AvgIpc) is 2.44. The molecule has 0 atom stereocenters. The van der Waals surface area contributed by atoms with Crippen molar-refractivity contribution in [1.29, 1.82) is 0 Å². The van der Waals surface area contributed by atoms with Crippen molar-refractivity contribution in [3.63, 3.8) is 0 Å². The Morgan fingerprint density at radius 2 is 1.44 bits per heavy atom. The van der Waals surface area contributed by atoms with Crippen molar-refractivity contribution in [2.45, 2.75) is 58.8 Å². The lowest BCUT2D eigenvalue weighted by atomic mass is 10.2. The van der Waals surface area contributed by atoms with Crippen LogP contribution in [0.25, 0.3) is 0 Å². The van der Waals surface area contributed by atoms with Gasteiger partial charge >= 0.3 is 0 Å². The molecule has 0 aromatic rings. The van der Waals surface area contributed by atoms with Gasteiger partial charge in [0, 0.05) is 24.6 Å². The van der Waals surface area contributed by atoms with Gasteiger partial charge in [-0.25, -0.2) is 0 Å². The van der Waals surface area contributed by atoms with E-state index in [4.69, 9.17) is 0 Å². The molecule has 1 aliphatic heterocycles. The predicted molar refractivity (Wildman–Crippen MR) is 86.0 cm³/mol. The van der Waals surface area contributed by atoms with E-state index in [0.29, 0.717) is 0 Å². The lowest BCUT2D eigenvalue weighted by molar-refractivity contribution is 0.236. The second-order valence-electron chi connectivity index (χ2n) is 4.45. The molecule has 18 heavy (non-hydrogen) atoms. The normalized spacial score (nSPS) is 14.9. The fourth-order valence-corrected chi connectivity index (χ4v) is 3.95. The zero-order chi connectivity index (χ0) is 13.5. The molecule has 0 aromatic carbocycles. The lowest BCUT2D eigenvalue weighted by Crippen LogP contribution is -2.23. The van der Waals surface area contributed by atoms with Crippen LogP contribution in [0.5, 0.6) is 0 Å². The summed E-state index contributed by atoms with van der Waals surface area (Å²) in [6.45, 7) is 6.22. The van der Waals surface area contributed by atoms with Gasteiger partial charge in [0.2, 0.25) is 0 Å². The highest BCUT2D eigenvalue weighted by atomic mass is 33.1. The zero-order valence-corrected chi connectivity index (χ0v) is 13.5. The van der Waals surface area contributed by atoms with Crippen LogP contribution in [0, 0.1) is 4.91 Å². The summed E-state index contributed by atoms with van der Waals surface area (Å²) in [6, 6.07) is 0. The van der Waals surface area contributed by atoms with Crippen molar-refractivity contribution < 1.29 is 0 Å². The lowest BCUT2D eigenvalue weighted by Gasteiger charge is -2.19. The third-order valence-corrected chi connectivity index (χ3v) is 5.27. The molecule has 0 bridgehead atoms. The molecule has 0 N–H and O–H groups in total. The van der Waals surface area contributed by atoms with E-state index < -0.39 is 0 Å². The quantitative estimate of drug-likeness (QED) is 0.353. The Bertz CT molecular complexity index is 168. The van der Waals surface area contributed by atoms with Crippen molar-refractivity contribution >= 4 is 21.6 Å². The van der Waals surface area contributed by atoms with E-state index in [1.807, 2.05) is 21.6 Å². The van der Waals surface area contributed by atoms with Crippen molar-refractivity contribution in [1.82, 2.24) is 5.01 Å². The fraction of sp³-hybridized carbons (Fsp3) is 1.00. The highest BCUT2D eigenvalue weighted by Gasteiger charge is 2.06. The standard InChI is InChI=1S/C8H18S2.C5H10N2O/c1-3-5-7-9-10-8-6-4-2;8-6-7-4-2-1-3-5-7/h3-8H2,1-2H3;1-5H2. The van der Waals surface area contributed by atoms with Gasteiger partial charge in [0.05, 0.1) is 5.29 Å². The fourth-order valence-electron chi connectivity index (χ4n) is 1.48. The van der Waals surface area contributed by atoms with E-state index in [2.05, 4.69) is 19.1 Å². The Morgan fingerprint density at radius 1 is 0.944 bits per heavy atom. The Morgan fingerprint density at radius 3 is 1.78 bits per heavy atom. The molecule has 0 amide bonds. The molecule has 108 valence electrons. The van der Waals surface area contributed by atoms with E-state index >= 15 is 0 Å². The number of piperidine rings is 1. The summed E-state index contributed by atoms with van der Waals surface area (Å²) in [7, 11) is 4.07. The minimum Gasteiger partial charge on any atom is -0.261 e. The number of hydrogen-bond donors (Lipinski definition) is 0. The summed E-state index contributed by atoms with van der Waals surface area (Å²) in [6.07, 6.45) is 8.94. The molecule has 1 aliphatic rings. The maximum atomic E-state index is 9.84. The average molecular weight is 293 g/mol. The summed E-state index contributed by atoms with van der Waals surface area (Å²) in [5.41, 5.74) is 0. The van der Waals surface area contributed by atoms with Gasteiger partial charge in [0.1, 0.15) is 0 Å². The molecule has 0 spiro atoms. The molecule has 0 aromatic heterocycles. The van der Waals surface area contributed by atoms with Crippen LogP contribution in [0.15, 0.2) is 5.29 Å². The van der Waals surface area contributed by atoms with Gasteiger partial charge < -0.3 is 0 Å². The number of nitroso groups, excluding NO2 is 1. The van der Waals surface area contributed by atoms with Gasteiger partial charge in [0.15, 0.2) is 0 Å². The number of hydrogen-bond acceptors (Lipinski definition) is 4. The van der Waals surface area contributed by atoms with Crippen LogP contribution in [0.3, 0.4) is 0 Å². The molecular formula is C13H28N2OS2. The molecule has 0 saturated carbocycles. The van der Waals surface area contributed by atoms with E-state index in [1.165, 1.54) is 43.6 Å². The molecule has 0 aliphatic carbocycles. The third-order valence-electron chi connectivity index (χ3n) is 2.69. The summed E-state index contributed by atoms with van der Waals surface area (Å²) in [5, 5.41) is 4.42. The minimum atomic E-state index is 0.865. The second-order valence-corrected chi connectivity index (χ2v) is 7.15. The summed E-state index contributed by atoms with van der Waals surface area (Å²) < 4.78 is 0. The minimum absolute atomic E-state index is 0.865. The summed E-state index contributed by atoms with van der Waals surface area (Å²) in [4.78, 5) is 9.84. The molecular weight excluding hydrogens is 264 g/mol. The van der Waals surface area contributed by atoms with Crippen molar-refractivity contribution in [2.75, 3.05) is 24.6 Å². The summed E-state index contributed by atoms with van der Waals surface area (Å²) >= 11 is 0. The highest BCUT2D eigenvalue weighted by Crippen LogP contribution is 2.23. The first-order valence-electron chi connectivity index (χ1n) is 7.17. The van der Waals surface area contributed by atoms with Gasteiger partial charge in [-0.3, -0.25) is 5.01 Å². The Hall–Kier alpha value is 0.1000. The van der Waals surface area contributed by atoms with Crippen LogP contribution in [0.4, 0.5) is 0 Å². The Kier molecular flexibility index (Phi) is 15.2. The Labute approximate surface area is 120 Å². The van der Waals surface area contributed by atoms with Gasteiger partial charge in [-0.15, -0.1) is 4.91 Å². The molecule has 0 unspecified atom stereocenters. The van der Waals surface area contributed by atoms with Crippen LogP contribution in [0.1, 0.15) is 58.8 Å². The van der Waals surface area contributed by atoms with Crippen molar-refractivity contribution in [2.24, 2.45) is 5.29 Å². The monoisotopic (exact) mass is 292 g/mol. The van der Waals surface area contributed by atoms with E-state index in [9.17, 15) is 4.91 Å². The maximum absolute atomic E-state index is 9.84. The first-order valence-corrected chi connectivity index (χ1v) is 9.66. The molecule has 0 radical (unpaired) electrons. The van der Waals surface area contributed by atoms with E-state index in [0.717, 1.165) is 25.9 Å². The van der Waals surface area contributed by atoms with Gasteiger partial charge in [-0.2, -0.15) is 0 Å². The van der Waals surface area contributed by atoms with Crippen LogP contribution >= 0.6 is 21.6 Å². The second kappa shape index (κ2) is 15.2.